The first-order valence-electron chi connectivity index (χ1n) is 11.4. The van der Waals surface area contributed by atoms with Crippen molar-refractivity contribution in [2.24, 2.45) is 0 Å². The largest absolute Gasteiger partial charge is 0.497 e. The van der Waals surface area contributed by atoms with E-state index in [1.54, 1.807) is 55.9 Å². The minimum Gasteiger partial charge on any atom is -0.497 e. The molecule has 36 heavy (non-hydrogen) atoms. The zero-order valence-electron chi connectivity index (χ0n) is 19.9. The summed E-state index contributed by atoms with van der Waals surface area (Å²) in [7, 11) is 1.55. The van der Waals surface area contributed by atoms with Crippen molar-refractivity contribution in [1.82, 2.24) is 14.5 Å². The number of hydrogen-bond acceptors (Lipinski definition) is 5. The molecule has 7 nitrogen and oxygen atoms in total. The number of methoxy groups -OCH3 is 1. The predicted octanol–water partition coefficient (Wildman–Crippen LogP) is 5.25. The van der Waals surface area contributed by atoms with Gasteiger partial charge in [-0.3, -0.25) is 9.36 Å². The number of anilines is 2. The van der Waals surface area contributed by atoms with Crippen molar-refractivity contribution >= 4 is 23.6 Å². The molecule has 1 unspecified atom stereocenters. The number of aliphatic hydroxyl groups excluding tert-OH is 1. The number of aryl methyl sites for hydroxylation is 1. The molecule has 5 rings (SSSR count). The van der Waals surface area contributed by atoms with Crippen LogP contribution in [-0.4, -0.2) is 32.6 Å². The summed E-state index contributed by atoms with van der Waals surface area (Å²) in [5.74, 6) is 1.13. The van der Waals surface area contributed by atoms with Crippen molar-refractivity contribution < 1.29 is 19.0 Å². The molecule has 0 aliphatic carbocycles. The first-order chi connectivity index (χ1) is 17.4. The standard InChI is InChI=1S/C28H25FN4O3/c1-18-3-11-22(12-4-18)30-27-25(19-5-9-21(29)10-6-19)31-24-17-32(15-16-33(24)27)28(35)26(34)20-7-13-23(36-2)14-8-20/h3-16,26,30,34H,17H2,1-2H3. The highest BCUT2D eigenvalue weighted by Gasteiger charge is 2.28. The van der Waals surface area contributed by atoms with E-state index in [0.29, 0.717) is 28.6 Å². The van der Waals surface area contributed by atoms with Gasteiger partial charge in [0.15, 0.2) is 6.10 Å². The third-order valence-corrected chi connectivity index (χ3v) is 6.07. The Morgan fingerprint density at radius 1 is 1.03 bits per heavy atom. The minimum absolute atomic E-state index is 0.159. The van der Waals surface area contributed by atoms with Gasteiger partial charge in [-0.25, -0.2) is 9.37 Å². The summed E-state index contributed by atoms with van der Waals surface area (Å²) in [6.45, 7) is 2.18. The summed E-state index contributed by atoms with van der Waals surface area (Å²) in [6, 6.07) is 20.8. The van der Waals surface area contributed by atoms with Crippen LogP contribution in [0.15, 0.2) is 79.0 Å². The van der Waals surface area contributed by atoms with Gasteiger partial charge in [0, 0.05) is 23.7 Å². The number of rotatable bonds is 6. The zero-order chi connectivity index (χ0) is 25.2. The van der Waals surface area contributed by atoms with Crippen molar-refractivity contribution in [1.29, 1.82) is 0 Å². The number of nitrogens with one attached hydrogen (secondary N) is 1. The Morgan fingerprint density at radius 2 is 1.72 bits per heavy atom. The summed E-state index contributed by atoms with van der Waals surface area (Å²) < 4.78 is 20.6. The number of hydrogen-bond donors (Lipinski definition) is 2. The van der Waals surface area contributed by atoms with Crippen LogP contribution < -0.4 is 10.1 Å². The molecule has 1 aliphatic heterocycles. The average Bonchev–Trinajstić information content (AvgIpc) is 3.27. The number of imidazole rings is 1. The van der Waals surface area contributed by atoms with E-state index in [1.165, 1.54) is 17.0 Å². The maximum Gasteiger partial charge on any atom is 0.260 e. The Bertz CT molecular complexity index is 1410. The van der Waals surface area contributed by atoms with Crippen LogP contribution >= 0.6 is 0 Å². The molecule has 182 valence electrons. The maximum absolute atomic E-state index is 13.6. The molecule has 0 radical (unpaired) electrons. The predicted molar refractivity (Wildman–Crippen MR) is 136 cm³/mol. The van der Waals surface area contributed by atoms with Gasteiger partial charge in [0.05, 0.1) is 13.7 Å². The molecule has 1 atom stereocenters. The number of amides is 1. The normalized spacial score (nSPS) is 13.3. The van der Waals surface area contributed by atoms with Gasteiger partial charge in [0.1, 0.15) is 28.9 Å². The molecule has 4 aromatic rings. The molecule has 2 heterocycles. The molecule has 1 amide bonds. The number of halogens is 1. The number of nitrogens with zero attached hydrogens (tertiary/aromatic N) is 3. The van der Waals surface area contributed by atoms with Gasteiger partial charge in [-0.05, 0) is 61.0 Å². The number of aromatic nitrogens is 2. The smallest absolute Gasteiger partial charge is 0.260 e. The second-order valence-corrected chi connectivity index (χ2v) is 8.53. The molecule has 0 fully saturated rings. The molecule has 8 heteroatoms. The van der Waals surface area contributed by atoms with Crippen LogP contribution in [0.5, 0.6) is 5.75 Å². The maximum atomic E-state index is 13.6. The van der Waals surface area contributed by atoms with Gasteiger partial charge in [0.2, 0.25) is 0 Å². The number of carbonyl (C=O) groups is 1. The second-order valence-electron chi connectivity index (χ2n) is 8.53. The first kappa shape index (κ1) is 23.3. The molecule has 2 N–H and O–H groups in total. The van der Waals surface area contributed by atoms with Gasteiger partial charge in [-0.2, -0.15) is 0 Å². The number of aliphatic hydroxyl groups is 1. The summed E-state index contributed by atoms with van der Waals surface area (Å²) in [5, 5.41) is 14.1. The van der Waals surface area contributed by atoms with Crippen molar-refractivity contribution in [2.75, 3.05) is 12.4 Å². The molecule has 1 aromatic heterocycles. The quantitative estimate of drug-likeness (QED) is 0.391. The van der Waals surface area contributed by atoms with E-state index < -0.39 is 12.0 Å². The van der Waals surface area contributed by atoms with E-state index >= 15 is 0 Å². The Morgan fingerprint density at radius 3 is 2.39 bits per heavy atom. The molecule has 1 aliphatic rings. The van der Waals surface area contributed by atoms with Gasteiger partial charge in [-0.15, -0.1) is 0 Å². The molecule has 0 saturated heterocycles. The van der Waals surface area contributed by atoms with Crippen molar-refractivity contribution in [2.45, 2.75) is 19.6 Å². The fourth-order valence-electron chi connectivity index (χ4n) is 4.04. The van der Waals surface area contributed by atoms with Crippen LogP contribution in [0.4, 0.5) is 15.9 Å². The van der Waals surface area contributed by atoms with Crippen LogP contribution in [0.1, 0.15) is 23.1 Å². The molecular formula is C28H25FN4O3. The van der Waals surface area contributed by atoms with Crippen LogP contribution in [0.2, 0.25) is 0 Å². The van der Waals surface area contributed by atoms with Gasteiger partial charge in [-0.1, -0.05) is 29.8 Å². The van der Waals surface area contributed by atoms with E-state index in [4.69, 9.17) is 9.72 Å². The SMILES string of the molecule is COc1ccc(C(O)C(=O)N2C=Cn3c(nc(-c4ccc(F)cc4)c3Nc3ccc(C)cc3)C2)cc1. The van der Waals surface area contributed by atoms with E-state index in [2.05, 4.69) is 5.32 Å². The molecule has 0 saturated carbocycles. The van der Waals surface area contributed by atoms with E-state index in [0.717, 1.165) is 16.8 Å². The summed E-state index contributed by atoms with van der Waals surface area (Å²) in [4.78, 5) is 19.3. The fraction of sp³-hybridized carbons (Fsp3) is 0.143. The third-order valence-electron chi connectivity index (χ3n) is 6.07. The number of benzene rings is 3. The highest BCUT2D eigenvalue weighted by Crippen LogP contribution is 2.34. The third kappa shape index (κ3) is 4.58. The van der Waals surface area contributed by atoms with Gasteiger partial charge >= 0.3 is 0 Å². The lowest BCUT2D eigenvalue weighted by molar-refractivity contribution is -0.138. The van der Waals surface area contributed by atoms with Crippen LogP contribution in [-0.2, 0) is 11.3 Å². The summed E-state index contributed by atoms with van der Waals surface area (Å²) in [5.41, 5.74) is 3.84. The topological polar surface area (TPSA) is 79.6 Å². The lowest BCUT2D eigenvalue weighted by atomic mass is 10.1. The lowest BCUT2D eigenvalue weighted by Gasteiger charge is -2.25. The van der Waals surface area contributed by atoms with Crippen LogP contribution in [0.3, 0.4) is 0 Å². The van der Waals surface area contributed by atoms with Crippen molar-refractivity contribution in [3.05, 3.63) is 102 Å². The first-order valence-corrected chi connectivity index (χ1v) is 11.4. The van der Waals surface area contributed by atoms with E-state index in [9.17, 15) is 14.3 Å². The molecule has 0 spiro atoms. The summed E-state index contributed by atoms with van der Waals surface area (Å²) in [6.07, 6.45) is 2.02. The Hall–Kier alpha value is -4.43. The zero-order valence-corrected chi connectivity index (χ0v) is 19.9. The molecular weight excluding hydrogens is 459 g/mol. The van der Waals surface area contributed by atoms with Gasteiger partial charge < -0.3 is 20.1 Å². The van der Waals surface area contributed by atoms with Crippen LogP contribution in [0, 0.1) is 12.7 Å². The lowest BCUT2D eigenvalue weighted by Crippen LogP contribution is -2.33. The Balaban J connectivity index is 1.46. The van der Waals surface area contributed by atoms with Crippen molar-refractivity contribution in [3.8, 4) is 17.0 Å². The highest BCUT2D eigenvalue weighted by atomic mass is 19.1. The number of fused-ring (bicyclic) bond motifs is 1. The Kier molecular flexibility index (Phi) is 6.26. The fourth-order valence-corrected chi connectivity index (χ4v) is 4.04. The van der Waals surface area contributed by atoms with E-state index in [1.807, 2.05) is 35.8 Å². The Labute approximate surface area is 208 Å². The van der Waals surface area contributed by atoms with E-state index in [-0.39, 0.29) is 12.4 Å². The average molecular weight is 485 g/mol. The monoisotopic (exact) mass is 484 g/mol. The van der Waals surface area contributed by atoms with Crippen LogP contribution in [0.25, 0.3) is 17.5 Å². The van der Waals surface area contributed by atoms with Gasteiger partial charge in [0.25, 0.3) is 5.91 Å². The number of carbonyl (C=O) groups excluding carboxylic acids is 1. The molecule has 3 aromatic carbocycles. The molecule has 0 bridgehead atoms. The summed E-state index contributed by atoms with van der Waals surface area (Å²) >= 11 is 0. The second kappa shape index (κ2) is 9.67. The minimum atomic E-state index is -1.33. The number of ether oxygens (including phenoxy) is 1. The highest BCUT2D eigenvalue weighted by molar-refractivity contribution is 5.84. The van der Waals surface area contributed by atoms with Crippen molar-refractivity contribution in [3.63, 3.8) is 0 Å².